The molecular weight excluding hydrogens is 340 g/mol. The summed E-state index contributed by atoms with van der Waals surface area (Å²) in [6.45, 7) is 4.35. The molecule has 1 amide bonds. The number of hydrogen-bond acceptors (Lipinski definition) is 4. The fourth-order valence-electron chi connectivity index (χ4n) is 3.26. The van der Waals surface area contributed by atoms with Gasteiger partial charge >= 0.3 is 0 Å². The van der Waals surface area contributed by atoms with E-state index in [0.29, 0.717) is 24.2 Å². The average Bonchev–Trinajstić information content (AvgIpc) is 2.87. The number of rotatable bonds is 4. The van der Waals surface area contributed by atoms with E-state index in [-0.39, 0.29) is 17.3 Å². The second-order valence-corrected chi connectivity index (χ2v) is 8.36. The molecule has 1 aromatic carbocycles. The van der Waals surface area contributed by atoms with Gasteiger partial charge in [-0.25, -0.2) is 8.42 Å². The maximum Gasteiger partial charge on any atom is 0.245 e. The first-order valence-electron chi connectivity index (χ1n) is 8.33. The van der Waals surface area contributed by atoms with Gasteiger partial charge < -0.3 is 14.8 Å². The summed E-state index contributed by atoms with van der Waals surface area (Å²) >= 11 is 0. The summed E-state index contributed by atoms with van der Waals surface area (Å²) in [5.41, 5.74) is 1.53. The summed E-state index contributed by atoms with van der Waals surface area (Å²) in [7, 11) is -0.441. The lowest BCUT2D eigenvalue weighted by atomic mass is 10.2. The van der Waals surface area contributed by atoms with E-state index in [0.717, 1.165) is 22.9 Å². The summed E-state index contributed by atoms with van der Waals surface area (Å²) in [6.07, 6.45) is 0. The number of nitrogens with zero attached hydrogens (tertiary/aromatic N) is 3. The van der Waals surface area contributed by atoms with Gasteiger partial charge in [0.2, 0.25) is 15.9 Å². The predicted molar refractivity (Wildman–Crippen MR) is 96.9 cm³/mol. The van der Waals surface area contributed by atoms with Crippen LogP contribution in [0.25, 0.3) is 10.9 Å². The van der Waals surface area contributed by atoms with Gasteiger partial charge in [-0.05, 0) is 13.0 Å². The van der Waals surface area contributed by atoms with Gasteiger partial charge in [0.25, 0.3) is 0 Å². The second kappa shape index (κ2) is 6.78. The molecule has 0 saturated carbocycles. The van der Waals surface area contributed by atoms with Crippen LogP contribution in [0.5, 0.6) is 0 Å². The lowest BCUT2D eigenvalue weighted by Crippen LogP contribution is -2.49. The van der Waals surface area contributed by atoms with Crippen molar-refractivity contribution in [3.05, 3.63) is 30.0 Å². The maximum absolute atomic E-state index is 13.1. The highest BCUT2D eigenvalue weighted by atomic mass is 32.2. The van der Waals surface area contributed by atoms with E-state index in [1.165, 1.54) is 7.05 Å². The number of carbonyl (C=O) groups is 1. The van der Waals surface area contributed by atoms with Crippen molar-refractivity contribution in [2.75, 3.05) is 39.8 Å². The number of likely N-dealkylation sites (N-methyl/N-ethyl adjacent to an activating group) is 1. The molecule has 0 atom stereocenters. The molecule has 1 saturated heterocycles. The van der Waals surface area contributed by atoms with Gasteiger partial charge in [-0.2, -0.15) is 4.31 Å². The summed E-state index contributed by atoms with van der Waals surface area (Å²) in [4.78, 5) is 14.4. The first kappa shape index (κ1) is 17.9. The molecule has 0 unspecified atom stereocenters. The Labute approximate surface area is 148 Å². The van der Waals surface area contributed by atoms with E-state index in [1.54, 1.807) is 17.9 Å². The van der Waals surface area contributed by atoms with Gasteiger partial charge in [0, 0.05) is 56.9 Å². The number of carbonyl (C=O) groups excluding carboxylic acids is 1. The lowest BCUT2D eigenvalue weighted by molar-refractivity contribution is -0.131. The SMILES string of the molecule is Cc1c(S(=O)(=O)N(C)CC(=O)N2CCNCC2)c2ccccc2n1C. The molecule has 1 N–H and O–H groups in total. The summed E-state index contributed by atoms with van der Waals surface area (Å²) in [5.74, 6) is -0.162. The monoisotopic (exact) mass is 364 g/mol. The van der Waals surface area contributed by atoms with Crippen LogP contribution in [-0.2, 0) is 21.9 Å². The van der Waals surface area contributed by atoms with E-state index < -0.39 is 10.0 Å². The van der Waals surface area contributed by atoms with Crippen molar-refractivity contribution >= 4 is 26.8 Å². The van der Waals surface area contributed by atoms with E-state index >= 15 is 0 Å². The number of aromatic nitrogens is 1. The van der Waals surface area contributed by atoms with Crippen molar-refractivity contribution in [3.63, 3.8) is 0 Å². The van der Waals surface area contributed by atoms with Crippen LogP contribution >= 0.6 is 0 Å². The van der Waals surface area contributed by atoms with Crippen LogP contribution in [0.1, 0.15) is 5.69 Å². The number of para-hydroxylation sites is 1. The number of piperazine rings is 1. The average molecular weight is 364 g/mol. The smallest absolute Gasteiger partial charge is 0.245 e. The molecule has 1 aromatic heterocycles. The number of aryl methyl sites for hydroxylation is 1. The van der Waals surface area contributed by atoms with Gasteiger partial charge in [-0.1, -0.05) is 18.2 Å². The Morgan fingerprint density at radius 2 is 1.88 bits per heavy atom. The molecule has 1 aliphatic heterocycles. The first-order valence-corrected chi connectivity index (χ1v) is 9.77. The number of amides is 1. The summed E-state index contributed by atoms with van der Waals surface area (Å²) < 4.78 is 29.3. The number of fused-ring (bicyclic) bond motifs is 1. The van der Waals surface area contributed by atoms with Crippen LogP contribution in [0.4, 0.5) is 0 Å². The van der Waals surface area contributed by atoms with Crippen molar-refractivity contribution in [1.82, 2.24) is 19.1 Å². The van der Waals surface area contributed by atoms with E-state index in [9.17, 15) is 13.2 Å². The van der Waals surface area contributed by atoms with Crippen molar-refractivity contribution < 1.29 is 13.2 Å². The largest absolute Gasteiger partial charge is 0.347 e. The summed E-state index contributed by atoms with van der Waals surface area (Å²) in [6, 6.07) is 7.41. The van der Waals surface area contributed by atoms with Crippen molar-refractivity contribution in [2.24, 2.45) is 7.05 Å². The van der Waals surface area contributed by atoms with Crippen LogP contribution in [0.3, 0.4) is 0 Å². The normalized spacial score (nSPS) is 15.9. The zero-order valence-corrected chi connectivity index (χ0v) is 15.6. The highest BCUT2D eigenvalue weighted by Crippen LogP contribution is 2.30. The Balaban J connectivity index is 1.91. The van der Waals surface area contributed by atoms with Crippen LogP contribution < -0.4 is 5.32 Å². The third-order valence-corrected chi connectivity index (χ3v) is 6.82. The van der Waals surface area contributed by atoms with Crippen molar-refractivity contribution in [3.8, 4) is 0 Å². The minimum absolute atomic E-state index is 0.148. The molecule has 136 valence electrons. The fourth-order valence-corrected chi connectivity index (χ4v) is 4.81. The Bertz CT molecular complexity index is 898. The van der Waals surface area contributed by atoms with E-state index in [1.807, 2.05) is 29.8 Å². The molecule has 0 bridgehead atoms. The minimum atomic E-state index is -3.76. The molecule has 1 aliphatic rings. The van der Waals surface area contributed by atoms with Crippen LogP contribution in [-0.4, -0.2) is 67.9 Å². The van der Waals surface area contributed by atoms with Gasteiger partial charge in [0.15, 0.2) is 0 Å². The number of nitrogens with one attached hydrogen (secondary N) is 1. The highest BCUT2D eigenvalue weighted by molar-refractivity contribution is 7.89. The Hall–Kier alpha value is -1.90. The molecular formula is C17H24N4O3S. The second-order valence-electron chi connectivity index (χ2n) is 6.38. The molecule has 0 aliphatic carbocycles. The van der Waals surface area contributed by atoms with Crippen LogP contribution in [0.2, 0.25) is 0 Å². The molecule has 8 heteroatoms. The van der Waals surface area contributed by atoms with Crippen LogP contribution in [0, 0.1) is 6.92 Å². The van der Waals surface area contributed by atoms with Crippen LogP contribution in [0.15, 0.2) is 29.2 Å². The number of hydrogen-bond donors (Lipinski definition) is 1. The van der Waals surface area contributed by atoms with E-state index in [2.05, 4.69) is 5.32 Å². The number of sulfonamides is 1. The quantitative estimate of drug-likeness (QED) is 0.859. The van der Waals surface area contributed by atoms with Crippen molar-refractivity contribution in [2.45, 2.75) is 11.8 Å². The fraction of sp³-hybridized carbons (Fsp3) is 0.471. The molecule has 1 fully saturated rings. The minimum Gasteiger partial charge on any atom is -0.347 e. The topological polar surface area (TPSA) is 74.7 Å². The molecule has 2 aromatic rings. The van der Waals surface area contributed by atoms with E-state index in [4.69, 9.17) is 0 Å². The molecule has 3 rings (SSSR count). The van der Waals surface area contributed by atoms with Gasteiger partial charge in [0.05, 0.1) is 6.54 Å². The molecule has 25 heavy (non-hydrogen) atoms. The van der Waals surface area contributed by atoms with Gasteiger partial charge in [-0.3, -0.25) is 4.79 Å². The first-order chi connectivity index (χ1) is 11.8. The predicted octanol–water partition coefficient (Wildman–Crippen LogP) is 0.539. The maximum atomic E-state index is 13.1. The highest BCUT2D eigenvalue weighted by Gasteiger charge is 2.30. The van der Waals surface area contributed by atoms with Gasteiger partial charge in [-0.15, -0.1) is 0 Å². The third kappa shape index (κ3) is 3.17. The molecule has 0 radical (unpaired) electrons. The standard InChI is InChI=1S/C17H24N4O3S/c1-13-17(14-6-4-5-7-15(14)20(13)3)25(23,24)19(2)12-16(22)21-10-8-18-9-11-21/h4-7,18H,8-12H2,1-3H3. The zero-order valence-electron chi connectivity index (χ0n) is 14.8. The Morgan fingerprint density at radius 3 is 2.56 bits per heavy atom. The zero-order chi connectivity index (χ0) is 18.2. The Morgan fingerprint density at radius 1 is 1.24 bits per heavy atom. The molecule has 2 heterocycles. The molecule has 7 nitrogen and oxygen atoms in total. The van der Waals surface area contributed by atoms with Gasteiger partial charge in [0.1, 0.15) is 4.90 Å². The Kier molecular flexibility index (Phi) is 4.86. The lowest BCUT2D eigenvalue weighted by Gasteiger charge is -2.29. The summed E-state index contributed by atoms with van der Waals surface area (Å²) in [5, 5.41) is 3.87. The number of benzene rings is 1. The third-order valence-electron chi connectivity index (χ3n) is 4.84. The van der Waals surface area contributed by atoms with Crippen molar-refractivity contribution in [1.29, 1.82) is 0 Å². The molecule has 0 spiro atoms.